The largest absolute Gasteiger partial charge is 0.436 e. The van der Waals surface area contributed by atoms with E-state index < -0.39 is 12.2 Å². The highest BCUT2D eigenvalue weighted by atomic mass is 16.6. The molecule has 0 aromatic carbocycles. The summed E-state index contributed by atoms with van der Waals surface area (Å²) in [6, 6.07) is 0. The van der Waals surface area contributed by atoms with E-state index in [0.717, 1.165) is 0 Å². The Balaban J connectivity index is 4.60. The number of hydrogen-bond donors (Lipinski definition) is 1. The molecule has 0 spiro atoms. The van der Waals surface area contributed by atoms with E-state index in [-0.39, 0.29) is 17.4 Å². The van der Waals surface area contributed by atoms with Gasteiger partial charge < -0.3 is 15.0 Å². The fourth-order valence-corrected chi connectivity index (χ4v) is 1.38. The van der Waals surface area contributed by atoms with Crippen LogP contribution in [0.4, 0.5) is 4.79 Å². The molecule has 1 unspecified atom stereocenters. The SMILES string of the molecule is CC(C)CC(OC(=O)NC(C)(C)C)C(=O)N(C)C. The second-order valence-electron chi connectivity index (χ2n) is 6.13. The van der Waals surface area contributed by atoms with Crippen molar-refractivity contribution in [2.75, 3.05) is 14.1 Å². The molecule has 0 radical (unpaired) electrons. The number of carbonyl (C=O) groups is 2. The van der Waals surface area contributed by atoms with Gasteiger partial charge in [0.25, 0.3) is 5.91 Å². The first-order valence-corrected chi connectivity index (χ1v) is 6.23. The monoisotopic (exact) mass is 258 g/mol. The third-order valence-corrected chi connectivity index (χ3v) is 2.13. The third-order valence-electron chi connectivity index (χ3n) is 2.13. The molecular formula is C13H26N2O3. The summed E-state index contributed by atoms with van der Waals surface area (Å²) in [6.07, 6.45) is -0.750. The maximum atomic E-state index is 11.9. The average molecular weight is 258 g/mol. The van der Waals surface area contributed by atoms with E-state index in [0.29, 0.717) is 6.42 Å². The van der Waals surface area contributed by atoms with Gasteiger partial charge in [-0.25, -0.2) is 4.79 Å². The standard InChI is InChI=1S/C13H26N2O3/c1-9(2)8-10(11(16)15(6)7)18-12(17)14-13(3,4)5/h9-10H,8H2,1-7H3,(H,14,17). The highest BCUT2D eigenvalue weighted by molar-refractivity contribution is 5.83. The minimum absolute atomic E-state index is 0.187. The zero-order valence-electron chi connectivity index (χ0n) is 12.5. The van der Waals surface area contributed by atoms with Crippen molar-refractivity contribution in [3.05, 3.63) is 0 Å². The van der Waals surface area contributed by atoms with Gasteiger partial charge in [0.05, 0.1) is 0 Å². The predicted molar refractivity (Wildman–Crippen MR) is 71.3 cm³/mol. The van der Waals surface area contributed by atoms with Crippen LogP contribution >= 0.6 is 0 Å². The van der Waals surface area contributed by atoms with E-state index in [9.17, 15) is 9.59 Å². The van der Waals surface area contributed by atoms with E-state index in [1.807, 2.05) is 34.6 Å². The van der Waals surface area contributed by atoms with Crippen LogP contribution in [-0.4, -0.2) is 42.6 Å². The molecule has 0 bridgehead atoms. The first-order valence-electron chi connectivity index (χ1n) is 6.23. The summed E-state index contributed by atoms with van der Waals surface area (Å²) in [5.74, 6) is 0.0918. The maximum Gasteiger partial charge on any atom is 0.408 e. The molecule has 5 heteroatoms. The fraction of sp³-hybridized carbons (Fsp3) is 0.846. The van der Waals surface area contributed by atoms with Crippen LogP contribution in [0.5, 0.6) is 0 Å². The lowest BCUT2D eigenvalue weighted by Gasteiger charge is -2.25. The van der Waals surface area contributed by atoms with Crippen LogP contribution in [0.3, 0.4) is 0 Å². The van der Waals surface area contributed by atoms with Gasteiger partial charge in [-0.05, 0) is 33.1 Å². The number of rotatable bonds is 4. The van der Waals surface area contributed by atoms with Crippen molar-refractivity contribution in [2.45, 2.75) is 52.7 Å². The van der Waals surface area contributed by atoms with E-state index >= 15 is 0 Å². The Morgan fingerprint density at radius 1 is 1.22 bits per heavy atom. The molecule has 0 saturated carbocycles. The molecule has 0 aliphatic heterocycles. The summed E-state index contributed by atoms with van der Waals surface area (Å²) in [4.78, 5) is 25.0. The van der Waals surface area contributed by atoms with Gasteiger partial charge in [0.2, 0.25) is 0 Å². The van der Waals surface area contributed by atoms with Gasteiger partial charge in [-0.2, -0.15) is 0 Å². The van der Waals surface area contributed by atoms with Crippen molar-refractivity contribution in [2.24, 2.45) is 5.92 Å². The number of nitrogens with one attached hydrogen (secondary N) is 1. The topological polar surface area (TPSA) is 58.6 Å². The summed E-state index contributed by atoms with van der Waals surface area (Å²) >= 11 is 0. The highest BCUT2D eigenvalue weighted by Crippen LogP contribution is 2.11. The number of ether oxygens (including phenoxy) is 1. The molecule has 2 amide bonds. The summed E-state index contributed by atoms with van der Waals surface area (Å²) < 4.78 is 5.22. The van der Waals surface area contributed by atoms with Gasteiger partial charge in [-0.3, -0.25) is 4.79 Å². The highest BCUT2D eigenvalue weighted by Gasteiger charge is 2.26. The molecule has 0 fully saturated rings. The Labute approximate surface area is 110 Å². The molecule has 1 N–H and O–H groups in total. The zero-order valence-corrected chi connectivity index (χ0v) is 12.5. The molecule has 1 atom stereocenters. The lowest BCUT2D eigenvalue weighted by Crippen LogP contribution is -2.45. The minimum atomic E-state index is -0.720. The fourth-order valence-electron chi connectivity index (χ4n) is 1.38. The molecule has 0 aliphatic rings. The summed E-state index contributed by atoms with van der Waals surface area (Å²) in [5, 5.41) is 2.68. The van der Waals surface area contributed by atoms with Crippen LogP contribution in [0.1, 0.15) is 41.0 Å². The molecular weight excluding hydrogens is 232 g/mol. The molecule has 0 rings (SSSR count). The van der Waals surface area contributed by atoms with Crippen molar-refractivity contribution >= 4 is 12.0 Å². The molecule has 0 aromatic heterocycles. The Kier molecular flexibility index (Phi) is 6.15. The lowest BCUT2D eigenvalue weighted by molar-refractivity contribution is -0.138. The third kappa shape index (κ3) is 7.14. The molecule has 0 saturated heterocycles. The first-order chi connectivity index (χ1) is 8.03. The van der Waals surface area contributed by atoms with Crippen molar-refractivity contribution < 1.29 is 14.3 Å². The molecule has 0 aliphatic carbocycles. The number of hydrogen-bond acceptors (Lipinski definition) is 3. The van der Waals surface area contributed by atoms with Crippen molar-refractivity contribution in [3.63, 3.8) is 0 Å². The van der Waals surface area contributed by atoms with E-state index in [2.05, 4.69) is 5.32 Å². The number of alkyl carbamates (subject to hydrolysis) is 1. The normalized spacial score (nSPS) is 13.1. The van der Waals surface area contributed by atoms with Crippen molar-refractivity contribution in [1.29, 1.82) is 0 Å². The quantitative estimate of drug-likeness (QED) is 0.839. The Morgan fingerprint density at radius 2 is 1.72 bits per heavy atom. The van der Waals surface area contributed by atoms with Crippen LogP contribution in [0, 0.1) is 5.92 Å². The molecule has 18 heavy (non-hydrogen) atoms. The second kappa shape index (κ2) is 6.61. The Hall–Kier alpha value is -1.26. The smallest absolute Gasteiger partial charge is 0.408 e. The average Bonchev–Trinajstić information content (AvgIpc) is 2.11. The van der Waals surface area contributed by atoms with Crippen molar-refractivity contribution in [1.82, 2.24) is 10.2 Å². The maximum absolute atomic E-state index is 11.9. The first kappa shape index (κ1) is 16.7. The van der Waals surface area contributed by atoms with E-state index in [1.54, 1.807) is 14.1 Å². The van der Waals surface area contributed by atoms with Crippen LogP contribution < -0.4 is 5.32 Å². The van der Waals surface area contributed by atoms with Gasteiger partial charge in [0.15, 0.2) is 6.10 Å². The van der Waals surface area contributed by atoms with E-state index in [4.69, 9.17) is 4.74 Å². The van der Waals surface area contributed by atoms with Gasteiger partial charge in [-0.1, -0.05) is 13.8 Å². The predicted octanol–water partition coefficient (Wildman–Crippen LogP) is 2.01. The van der Waals surface area contributed by atoms with Crippen LogP contribution in [0.2, 0.25) is 0 Å². The second-order valence-corrected chi connectivity index (χ2v) is 6.13. The molecule has 0 aromatic rings. The Bertz CT molecular complexity index is 293. The minimum Gasteiger partial charge on any atom is -0.436 e. The van der Waals surface area contributed by atoms with Crippen LogP contribution in [-0.2, 0) is 9.53 Å². The van der Waals surface area contributed by atoms with Gasteiger partial charge in [-0.15, -0.1) is 0 Å². The summed E-state index contributed by atoms with van der Waals surface area (Å²) in [5.41, 5.74) is -0.374. The van der Waals surface area contributed by atoms with Crippen molar-refractivity contribution in [3.8, 4) is 0 Å². The number of nitrogens with zero attached hydrogens (tertiary/aromatic N) is 1. The number of likely N-dealkylation sites (N-methyl/N-ethyl adjacent to an activating group) is 1. The molecule has 0 heterocycles. The molecule has 106 valence electrons. The number of carbonyl (C=O) groups excluding carboxylic acids is 2. The summed E-state index contributed by atoms with van der Waals surface area (Å²) in [6.45, 7) is 9.56. The van der Waals surface area contributed by atoms with Crippen LogP contribution in [0.15, 0.2) is 0 Å². The van der Waals surface area contributed by atoms with Crippen LogP contribution in [0.25, 0.3) is 0 Å². The van der Waals surface area contributed by atoms with E-state index in [1.165, 1.54) is 4.90 Å². The molecule has 5 nitrogen and oxygen atoms in total. The van der Waals surface area contributed by atoms with Gasteiger partial charge in [0.1, 0.15) is 0 Å². The van der Waals surface area contributed by atoms with Gasteiger partial charge in [0, 0.05) is 19.6 Å². The lowest BCUT2D eigenvalue weighted by atomic mass is 10.1. The zero-order chi connectivity index (χ0) is 14.5. The number of amides is 2. The summed E-state index contributed by atoms with van der Waals surface area (Å²) in [7, 11) is 3.31. The van der Waals surface area contributed by atoms with Gasteiger partial charge >= 0.3 is 6.09 Å². The Morgan fingerprint density at radius 3 is 2.06 bits per heavy atom.